The summed E-state index contributed by atoms with van der Waals surface area (Å²) in [6.07, 6.45) is -4.60. The molecule has 0 amide bonds. The monoisotopic (exact) mass is 308 g/mol. The first-order valence-corrected chi connectivity index (χ1v) is 6.58. The zero-order valence-corrected chi connectivity index (χ0v) is 13.0. The molecule has 0 aromatic rings. The fourth-order valence-corrected chi connectivity index (χ4v) is 2.51. The molecule has 1 aliphatic rings. The molecule has 0 aliphatic carbocycles. The van der Waals surface area contributed by atoms with E-state index in [-0.39, 0.29) is 6.61 Å². The second-order valence-electron chi connectivity index (χ2n) is 4.70. The molecule has 0 radical (unpaired) electrons. The molecule has 1 N–H and O–H groups in total. The highest BCUT2D eigenvalue weighted by atomic mass is 16.7. The Hall–Kier alpha value is -0.770. The molecule has 1 heterocycles. The molecule has 0 spiro atoms. The lowest BCUT2D eigenvalue weighted by atomic mass is 9.95. The SMILES string of the molecule is COC[C@H](OC(C)=O)[C@H]1OC(O)[C@H](OC)[C@@H](OC)[C@@H]1OC. The average molecular weight is 308 g/mol. The van der Waals surface area contributed by atoms with E-state index in [2.05, 4.69) is 0 Å². The minimum atomic E-state index is -1.23. The Morgan fingerprint density at radius 1 is 1.10 bits per heavy atom. The van der Waals surface area contributed by atoms with Crippen molar-refractivity contribution in [1.29, 1.82) is 0 Å². The van der Waals surface area contributed by atoms with E-state index in [0.717, 1.165) is 0 Å². The Balaban J connectivity index is 2.98. The Labute approximate surface area is 124 Å². The number of ether oxygens (including phenoxy) is 6. The van der Waals surface area contributed by atoms with Crippen LogP contribution in [0.15, 0.2) is 0 Å². The smallest absolute Gasteiger partial charge is 0.303 e. The molecular formula is C13H24O8. The van der Waals surface area contributed by atoms with E-state index in [1.807, 2.05) is 0 Å². The lowest BCUT2D eigenvalue weighted by Gasteiger charge is -2.44. The highest BCUT2D eigenvalue weighted by Gasteiger charge is 2.50. The average Bonchev–Trinajstić information content (AvgIpc) is 2.44. The summed E-state index contributed by atoms with van der Waals surface area (Å²) >= 11 is 0. The number of methoxy groups -OCH3 is 4. The van der Waals surface area contributed by atoms with E-state index >= 15 is 0 Å². The Bertz CT molecular complexity index is 323. The molecule has 0 aromatic carbocycles. The van der Waals surface area contributed by atoms with Gasteiger partial charge in [0.15, 0.2) is 12.4 Å². The second-order valence-corrected chi connectivity index (χ2v) is 4.70. The van der Waals surface area contributed by atoms with Gasteiger partial charge in [0, 0.05) is 35.4 Å². The highest BCUT2D eigenvalue weighted by Crippen LogP contribution is 2.28. The van der Waals surface area contributed by atoms with Gasteiger partial charge in [-0.2, -0.15) is 0 Å². The van der Waals surface area contributed by atoms with Crippen molar-refractivity contribution in [3.63, 3.8) is 0 Å². The fourth-order valence-electron chi connectivity index (χ4n) is 2.51. The van der Waals surface area contributed by atoms with Gasteiger partial charge in [-0.15, -0.1) is 0 Å². The number of carbonyl (C=O) groups excluding carboxylic acids is 1. The van der Waals surface area contributed by atoms with Gasteiger partial charge in [-0.25, -0.2) is 0 Å². The van der Waals surface area contributed by atoms with Crippen LogP contribution < -0.4 is 0 Å². The van der Waals surface area contributed by atoms with Crippen molar-refractivity contribution in [2.45, 2.75) is 43.7 Å². The van der Waals surface area contributed by atoms with E-state index in [4.69, 9.17) is 28.4 Å². The first-order valence-electron chi connectivity index (χ1n) is 6.58. The predicted octanol–water partition coefficient (Wildman–Crippen LogP) is -0.673. The maximum atomic E-state index is 11.2. The van der Waals surface area contributed by atoms with Crippen LogP contribution in [0.1, 0.15) is 6.92 Å². The highest BCUT2D eigenvalue weighted by molar-refractivity contribution is 5.66. The maximum absolute atomic E-state index is 11.2. The summed E-state index contributed by atoms with van der Waals surface area (Å²) in [6.45, 7) is 1.39. The van der Waals surface area contributed by atoms with Crippen molar-refractivity contribution in [3.8, 4) is 0 Å². The van der Waals surface area contributed by atoms with Gasteiger partial charge in [-0.05, 0) is 0 Å². The molecule has 0 saturated carbocycles. The Morgan fingerprint density at radius 2 is 1.67 bits per heavy atom. The van der Waals surface area contributed by atoms with Gasteiger partial charge in [0.05, 0.1) is 6.61 Å². The number of hydrogen-bond acceptors (Lipinski definition) is 8. The molecule has 8 nitrogen and oxygen atoms in total. The molecule has 1 unspecified atom stereocenters. The van der Waals surface area contributed by atoms with Crippen molar-refractivity contribution in [2.75, 3.05) is 35.0 Å². The zero-order chi connectivity index (χ0) is 16.0. The van der Waals surface area contributed by atoms with Crippen molar-refractivity contribution >= 4 is 5.97 Å². The molecule has 0 bridgehead atoms. The predicted molar refractivity (Wildman–Crippen MR) is 70.7 cm³/mol. The number of aliphatic hydroxyl groups excluding tert-OH is 1. The molecule has 1 rings (SSSR count). The number of aliphatic hydroxyl groups is 1. The van der Waals surface area contributed by atoms with Gasteiger partial charge in [0.25, 0.3) is 0 Å². The van der Waals surface area contributed by atoms with Crippen LogP contribution >= 0.6 is 0 Å². The standard InChI is InChI=1S/C13H24O8/c1-7(14)20-8(6-16-2)9-10(17-3)11(18-4)12(19-5)13(15)21-9/h8-13,15H,6H2,1-5H3/t8-,9+,10+,11-,12+,13?/m0/s1. The summed E-state index contributed by atoms with van der Waals surface area (Å²) in [6, 6.07) is 0. The van der Waals surface area contributed by atoms with Gasteiger partial charge < -0.3 is 33.5 Å². The molecule has 0 aromatic heterocycles. The quantitative estimate of drug-likeness (QED) is 0.619. The van der Waals surface area contributed by atoms with E-state index in [1.54, 1.807) is 0 Å². The van der Waals surface area contributed by atoms with Gasteiger partial charge >= 0.3 is 5.97 Å². The van der Waals surface area contributed by atoms with Gasteiger partial charge in [-0.1, -0.05) is 0 Å². The maximum Gasteiger partial charge on any atom is 0.303 e. The molecule has 8 heteroatoms. The molecule has 1 saturated heterocycles. The molecule has 1 aliphatic heterocycles. The van der Waals surface area contributed by atoms with Crippen LogP contribution in [0.4, 0.5) is 0 Å². The van der Waals surface area contributed by atoms with Gasteiger partial charge in [0.1, 0.15) is 24.4 Å². The lowest BCUT2D eigenvalue weighted by Crippen LogP contribution is -2.63. The normalized spacial score (nSPS) is 34.5. The van der Waals surface area contributed by atoms with Crippen molar-refractivity contribution in [2.24, 2.45) is 0 Å². The number of hydrogen-bond donors (Lipinski definition) is 1. The van der Waals surface area contributed by atoms with Gasteiger partial charge in [0.2, 0.25) is 0 Å². The van der Waals surface area contributed by atoms with Crippen LogP contribution in [0, 0.1) is 0 Å². The summed E-state index contributed by atoms with van der Waals surface area (Å²) in [4.78, 5) is 11.2. The van der Waals surface area contributed by atoms with Crippen LogP contribution in [-0.2, 0) is 33.2 Å². The van der Waals surface area contributed by atoms with Crippen LogP contribution in [0.25, 0.3) is 0 Å². The molecule has 124 valence electrons. The molecule has 6 atom stereocenters. The van der Waals surface area contributed by atoms with Crippen molar-refractivity contribution in [3.05, 3.63) is 0 Å². The summed E-state index contributed by atoms with van der Waals surface area (Å²) in [5.74, 6) is -0.479. The lowest BCUT2D eigenvalue weighted by molar-refractivity contribution is -0.311. The van der Waals surface area contributed by atoms with Crippen LogP contribution in [0.5, 0.6) is 0 Å². The second kappa shape index (κ2) is 8.62. The van der Waals surface area contributed by atoms with E-state index in [0.29, 0.717) is 0 Å². The Morgan fingerprint density at radius 3 is 2.10 bits per heavy atom. The first-order chi connectivity index (χ1) is 9.99. The zero-order valence-electron chi connectivity index (χ0n) is 13.0. The van der Waals surface area contributed by atoms with Crippen molar-refractivity contribution in [1.82, 2.24) is 0 Å². The van der Waals surface area contributed by atoms with Gasteiger partial charge in [-0.3, -0.25) is 4.79 Å². The summed E-state index contributed by atoms with van der Waals surface area (Å²) < 4.78 is 31.7. The van der Waals surface area contributed by atoms with Crippen LogP contribution in [0.2, 0.25) is 0 Å². The Kier molecular flexibility index (Phi) is 7.50. The molecular weight excluding hydrogens is 284 g/mol. The van der Waals surface area contributed by atoms with Crippen LogP contribution in [0.3, 0.4) is 0 Å². The van der Waals surface area contributed by atoms with E-state index in [9.17, 15) is 9.90 Å². The number of carbonyl (C=O) groups is 1. The molecule has 1 fully saturated rings. The minimum Gasteiger partial charge on any atom is -0.457 e. The largest absolute Gasteiger partial charge is 0.457 e. The van der Waals surface area contributed by atoms with E-state index < -0.39 is 42.8 Å². The summed E-state index contributed by atoms with van der Waals surface area (Å²) in [5, 5.41) is 10.0. The van der Waals surface area contributed by atoms with E-state index in [1.165, 1.54) is 35.4 Å². The topological polar surface area (TPSA) is 92.7 Å². The summed E-state index contributed by atoms with van der Waals surface area (Å²) in [7, 11) is 5.88. The third-order valence-corrected chi connectivity index (χ3v) is 3.38. The third-order valence-electron chi connectivity index (χ3n) is 3.38. The van der Waals surface area contributed by atoms with Crippen LogP contribution in [-0.4, -0.2) is 82.9 Å². The first kappa shape index (κ1) is 18.3. The molecule has 21 heavy (non-hydrogen) atoms. The van der Waals surface area contributed by atoms with Crippen molar-refractivity contribution < 1.29 is 38.3 Å². The fraction of sp³-hybridized carbons (Fsp3) is 0.923. The third kappa shape index (κ3) is 4.35. The number of esters is 1. The summed E-state index contributed by atoms with van der Waals surface area (Å²) in [5.41, 5.74) is 0. The minimum absolute atomic E-state index is 0.102. The number of rotatable bonds is 7.